The van der Waals surface area contributed by atoms with Gasteiger partial charge in [-0.05, 0) is 18.7 Å². The molecule has 0 amide bonds. The maximum Gasteiger partial charge on any atom is 0.252 e. The molecule has 0 aromatic carbocycles. The van der Waals surface area contributed by atoms with Crippen LogP contribution in [0.1, 0.15) is 50.8 Å². The summed E-state index contributed by atoms with van der Waals surface area (Å²) in [5, 5.41) is 5.60. The average molecular weight is 399 g/mol. The fourth-order valence-electron chi connectivity index (χ4n) is 3.72. The first-order chi connectivity index (χ1) is 13.1. The van der Waals surface area contributed by atoms with Gasteiger partial charge in [0.2, 0.25) is 11.9 Å². The maximum absolute atomic E-state index is 14.5. The average Bonchev–Trinajstić information content (AvgIpc) is 2.54. The normalized spacial score (nSPS) is 27.1. The van der Waals surface area contributed by atoms with Crippen molar-refractivity contribution in [2.45, 2.75) is 74.7 Å². The highest BCUT2D eigenvalue weighted by Crippen LogP contribution is 2.41. The third kappa shape index (κ3) is 4.07. The minimum absolute atomic E-state index is 0.0125. The van der Waals surface area contributed by atoms with Crippen molar-refractivity contribution >= 4 is 25.3 Å². The van der Waals surface area contributed by atoms with E-state index in [-0.39, 0.29) is 49.0 Å². The number of anilines is 2. The van der Waals surface area contributed by atoms with Gasteiger partial charge in [-0.15, -0.1) is 0 Å². The van der Waals surface area contributed by atoms with Gasteiger partial charge < -0.3 is 10.6 Å². The molecule has 3 aliphatic carbocycles. The van der Waals surface area contributed by atoms with Crippen molar-refractivity contribution in [1.29, 1.82) is 0 Å². The second kappa shape index (κ2) is 6.84. The van der Waals surface area contributed by atoms with Crippen LogP contribution in [0.3, 0.4) is 0 Å². The van der Waals surface area contributed by atoms with E-state index in [1.165, 1.54) is 0 Å². The monoisotopic (exact) mass is 399 g/mol. The Labute approximate surface area is 160 Å². The van der Waals surface area contributed by atoms with E-state index in [0.29, 0.717) is 19.3 Å². The van der Waals surface area contributed by atoms with Crippen LogP contribution in [0.15, 0.2) is 5.83 Å². The fraction of sp³-hybridized carbons (Fsp3) is 0.706. The van der Waals surface area contributed by atoms with E-state index >= 15 is 0 Å². The predicted octanol–water partition coefficient (Wildman–Crippen LogP) is 4.11. The lowest BCUT2D eigenvalue weighted by Crippen LogP contribution is -2.45. The Kier molecular flexibility index (Phi) is 4.74. The van der Waals surface area contributed by atoms with Crippen LogP contribution in [0.4, 0.5) is 33.8 Å². The van der Waals surface area contributed by atoms with Gasteiger partial charge in [-0.2, -0.15) is 15.0 Å². The molecule has 0 aliphatic heterocycles. The second-order valence-corrected chi connectivity index (χ2v) is 7.84. The summed E-state index contributed by atoms with van der Waals surface area (Å²) >= 11 is 0. The minimum Gasteiger partial charge on any atom is -0.351 e. The highest BCUT2D eigenvalue weighted by Gasteiger charge is 2.46. The van der Waals surface area contributed by atoms with E-state index in [9.17, 15) is 22.0 Å². The predicted molar refractivity (Wildman–Crippen MR) is 94.4 cm³/mol. The molecule has 0 saturated heterocycles. The Hall–Kier alpha value is -1.94. The van der Waals surface area contributed by atoms with Gasteiger partial charge in [0.15, 0.2) is 5.82 Å². The van der Waals surface area contributed by atoms with Crippen LogP contribution >= 0.6 is 0 Å². The van der Waals surface area contributed by atoms with Gasteiger partial charge in [-0.1, -0.05) is 6.42 Å². The third-order valence-corrected chi connectivity index (χ3v) is 5.31. The molecule has 28 heavy (non-hydrogen) atoms. The summed E-state index contributed by atoms with van der Waals surface area (Å²) in [6, 6.07) is -1.03. The number of nitrogens with one attached hydrogen (secondary N) is 2. The highest BCUT2D eigenvalue weighted by atomic mass is 19.3. The molecular formula is C17H19BF5N5. The molecule has 11 heteroatoms. The van der Waals surface area contributed by atoms with E-state index in [1.54, 1.807) is 0 Å². The number of allylic oxidation sites excluding steroid dienone is 2. The van der Waals surface area contributed by atoms with Crippen molar-refractivity contribution in [3.8, 4) is 0 Å². The Balaban J connectivity index is 1.58. The molecule has 0 bridgehead atoms. The standard InChI is InChI=1S/C17H19BF5N5/c18-11-3-1-2-10(12(11)19)13-26-14(24-8-4-16(20,21)5-8)28-15(27-13)25-9-6-17(22,23)7-9/h8-9,11H,1-7H2,(H2,24,25,26,27,28)/t11-/m1/s1. The molecule has 5 nitrogen and oxygen atoms in total. The number of nitrogens with zero attached hydrogens (tertiary/aromatic N) is 3. The van der Waals surface area contributed by atoms with Gasteiger partial charge in [0.25, 0.3) is 11.8 Å². The van der Waals surface area contributed by atoms with Gasteiger partial charge in [0, 0.05) is 43.3 Å². The summed E-state index contributed by atoms with van der Waals surface area (Å²) in [5.74, 6) is -6.64. The van der Waals surface area contributed by atoms with Crippen molar-refractivity contribution < 1.29 is 22.0 Å². The van der Waals surface area contributed by atoms with Crippen molar-refractivity contribution in [3.63, 3.8) is 0 Å². The number of halogens is 5. The van der Waals surface area contributed by atoms with Gasteiger partial charge in [-0.25, -0.2) is 22.0 Å². The van der Waals surface area contributed by atoms with Gasteiger partial charge in [0.1, 0.15) is 5.83 Å². The van der Waals surface area contributed by atoms with Crippen LogP contribution in [-0.4, -0.2) is 46.7 Å². The van der Waals surface area contributed by atoms with E-state index in [2.05, 4.69) is 25.6 Å². The summed E-state index contributed by atoms with van der Waals surface area (Å²) in [6.45, 7) is 0. The largest absolute Gasteiger partial charge is 0.351 e. The van der Waals surface area contributed by atoms with E-state index in [4.69, 9.17) is 7.85 Å². The van der Waals surface area contributed by atoms with Crippen LogP contribution in [-0.2, 0) is 0 Å². The van der Waals surface area contributed by atoms with E-state index in [0.717, 1.165) is 0 Å². The maximum atomic E-state index is 14.5. The molecule has 2 radical (unpaired) electrons. The first kappa shape index (κ1) is 19.4. The zero-order valence-electron chi connectivity index (χ0n) is 15.0. The molecule has 0 unspecified atom stereocenters. The lowest BCUT2D eigenvalue weighted by Gasteiger charge is -2.36. The molecule has 2 saturated carbocycles. The number of hydrogen-bond donors (Lipinski definition) is 2. The number of alkyl halides is 4. The van der Waals surface area contributed by atoms with Gasteiger partial charge >= 0.3 is 0 Å². The van der Waals surface area contributed by atoms with Gasteiger partial charge in [-0.3, -0.25) is 0 Å². The molecule has 4 rings (SSSR count). The molecular weight excluding hydrogens is 380 g/mol. The quantitative estimate of drug-likeness (QED) is 0.577. The first-order valence-electron chi connectivity index (χ1n) is 9.29. The summed E-state index contributed by atoms with van der Waals surface area (Å²) in [7, 11) is 5.76. The number of aromatic nitrogens is 3. The third-order valence-electron chi connectivity index (χ3n) is 5.31. The van der Waals surface area contributed by atoms with E-state index in [1.807, 2.05) is 0 Å². The van der Waals surface area contributed by atoms with Crippen LogP contribution in [0, 0.1) is 0 Å². The van der Waals surface area contributed by atoms with Crippen LogP contribution in [0.5, 0.6) is 0 Å². The first-order valence-corrected chi connectivity index (χ1v) is 9.29. The lowest BCUT2D eigenvalue weighted by molar-refractivity contribution is -0.0799. The van der Waals surface area contributed by atoms with Crippen LogP contribution < -0.4 is 10.6 Å². The van der Waals surface area contributed by atoms with Crippen molar-refractivity contribution in [3.05, 3.63) is 11.7 Å². The Morgan fingerprint density at radius 1 is 0.857 bits per heavy atom. The summed E-state index contributed by atoms with van der Waals surface area (Å²) in [5.41, 5.74) is 0.241. The summed E-state index contributed by atoms with van der Waals surface area (Å²) < 4.78 is 66.8. The Bertz CT molecular complexity index is 742. The molecule has 1 atom stereocenters. The Morgan fingerprint density at radius 3 is 1.82 bits per heavy atom. The minimum atomic E-state index is -2.73. The van der Waals surface area contributed by atoms with E-state index < -0.39 is 35.6 Å². The van der Waals surface area contributed by atoms with Gasteiger partial charge in [0.05, 0.1) is 7.85 Å². The Morgan fingerprint density at radius 2 is 1.36 bits per heavy atom. The summed E-state index contributed by atoms with van der Waals surface area (Å²) in [6.07, 6.45) is 0.128. The van der Waals surface area contributed by atoms with Crippen LogP contribution in [0.2, 0.25) is 5.82 Å². The molecule has 2 N–H and O–H groups in total. The lowest BCUT2D eigenvalue weighted by atomic mass is 9.76. The molecule has 2 fully saturated rings. The number of hydrogen-bond acceptors (Lipinski definition) is 5. The zero-order chi connectivity index (χ0) is 20.1. The summed E-state index contributed by atoms with van der Waals surface area (Å²) in [4.78, 5) is 12.4. The second-order valence-electron chi connectivity index (χ2n) is 7.84. The van der Waals surface area contributed by atoms with Crippen LogP contribution in [0.25, 0.3) is 5.57 Å². The number of rotatable bonds is 5. The smallest absolute Gasteiger partial charge is 0.252 e. The SMILES string of the molecule is [B][C@@H]1CCCC(c2nc(NC3CC(F)(F)C3)nc(NC3CC(F)(F)C3)n2)=C1F. The zero-order valence-corrected chi connectivity index (χ0v) is 15.0. The molecule has 1 aromatic rings. The molecule has 150 valence electrons. The van der Waals surface area contributed by atoms with Crippen molar-refractivity contribution in [2.75, 3.05) is 10.6 Å². The molecule has 3 aliphatic rings. The molecule has 1 heterocycles. The molecule has 1 aromatic heterocycles. The molecule has 0 spiro atoms. The van der Waals surface area contributed by atoms with Crippen molar-refractivity contribution in [1.82, 2.24) is 15.0 Å². The fourth-order valence-corrected chi connectivity index (χ4v) is 3.72. The van der Waals surface area contributed by atoms with Crippen molar-refractivity contribution in [2.24, 2.45) is 0 Å². The highest BCUT2D eigenvalue weighted by molar-refractivity contribution is 6.14. The topological polar surface area (TPSA) is 62.7 Å².